The third-order valence-corrected chi connectivity index (χ3v) is 4.63. The molecule has 2 heterocycles. The average molecular weight is 387 g/mol. The number of anilines is 1. The van der Waals surface area contributed by atoms with E-state index in [9.17, 15) is 4.39 Å². The van der Waals surface area contributed by atoms with Gasteiger partial charge < -0.3 is 5.32 Å². The minimum atomic E-state index is -0.494. The van der Waals surface area contributed by atoms with Crippen molar-refractivity contribution >= 4 is 46.4 Å². The highest BCUT2D eigenvalue weighted by atomic mass is 35.5. The fraction of sp³-hybridized carbons (Fsp3) is 0.267. The zero-order chi connectivity index (χ0) is 16.8. The first-order valence-corrected chi connectivity index (χ1v) is 8.48. The molecule has 24 heavy (non-hydrogen) atoms. The molecule has 0 spiro atoms. The second kappa shape index (κ2) is 6.02. The second-order valence-electron chi connectivity index (χ2n) is 5.64. The van der Waals surface area contributed by atoms with Crippen molar-refractivity contribution in [3.8, 4) is 11.1 Å². The molecular weight excluding hydrogens is 376 g/mol. The van der Waals surface area contributed by atoms with Crippen LogP contribution in [0.5, 0.6) is 0 Å². The smallest absolute Gasteiger partial charge is 0.256 e. The molecule has 0 bridgehead atoms. The van der Waals surface area contributed by atoms with E-state index in [1.807, 2.05) is 0 Å². The number of benzene rings is 1. The van der Waals surface area contributed by atoms with Gasteiger partial charge >= 0.3 is 0 Å². The second-order valence-corrected chi connectivity index (χ2v) is 6.74. The van der Waals surface area contributed by atoms with E-state index in [0.717, 1.165) is 12.8 Å². The quantitative estimate of drug-likeness (QED) is 0.660. The predicted octanol–water partition coefficient (Wildman–Crippen LogP) is 4.71. The van der Waals surface area contributed by atoms with Crippen LogP contribution in [0, 0.1) is 11.7 Å². The van der Waals surface area contributed by atoms with Crippen LogP contribution in [0.25, 0.3) is 16.9 Å². The zero-order valence-electron chi connectivity index (χ0n) is 12.2. The van der Waals surface area contributed by atoms with Gasteiger partial charge in [0.1, 0.15) is 16.8 Å². The highest BCUT2D eigenvalue weighted by Gasteiger charge is 2.26. The van der Waals surface area contributed by atoms with Crippen LogP contribution in [0.4, 0.5) is 10.2 Å². The van der Waals surface area contributed by atoms with Crippen molar-refractivity contribution < 1.29 is 4.39 Å². The van der Waals surface area contributed by atoms with Crippen molar-refractivity contribution in [2.45, 2.75) is 12.8 Å². The Labute approximate surface area is 151 Å². The minimum absolute atomic E-state index is 0.0322. The first kappa shape index (κ1) is 15.9. The Morgan fingerprint density at radius 3 is 2.67 bits per heavy atom. The lowest BCUT2D eigenvalue weighted by Gasteiger charge is -2.15. The summed E-state index contributed by atoms with van der Waals surface area (Å²) in [6.07, 6.45) is 2.31. The maximum Gasteiger partial charge on any atom is 0.256 e. The van der Waals surface area contributed by atoms with Gasteiger partial charge in [0.25, 0.3) is 5.78 Å². The fourth-order valence-electron chi connectivity index (χ4n) is 2.53. The molecular formula is C15H11Cl3FN5. The third-order valence-electron chi connectivity index (χ3n) is 3.89. The summed E-state index contributed by atoms with van der Waals surface area (Å²) < 4.78 is 15.9. The van der Waals surface area contributed by atoms with Gasteiger partial charge in [-0.15, -0.1) is 5.10 Å². The van der Waals surface area contributed by atoms with Gasteiger partial charge in [-0.25, -0.2) is 4.39 Å². The minimum Gasteiger partial charge on any atom is -0.369 e. The molecule has 0 amide bonds. The molecule has 0 radical (unpaired) electrons. The molecule has 1 fully saturated rings. The summed E-state index contributed by atoms with van der Waals surface area (Å²) in [5.41, 5.74) is 0.512. The summed E-state index contributed by atoms with van der Waals surface area (Å²) in [6, 6.07) is 4.45. The standard InChI is InChI=1S/C15H11Cl3FN5/c16-8-2-1-3-9(19)10(8)11-12(17)21-15-22-14(18)23-24(15)13(11)20-6-7-4-5-7/h1-3,7,20H,4-6H2. The molecule has 0 unspecified atom stereocenters. The molecule has 1 N–H and O–H groups in total. The molecule has 1 aliphatic rings. The number of hydrogen-bond donors (Lipinski definition) is 1. The molecule has 0 aliphatic heterocycles. The van der Waals surface area contributed by atoms with Crippen molar-refractivity contribution in [2.24, 2.45) is 5.92 Å². The summed E-state index contributed by atoms with van der Waals surface area (Å²) in [5.74, 6) is 0.795. The van der Waals surface area contributed by atoms with E-state index in [1.54, 1.807) is 6.07 Å². The first-order chi connectivity index (χ1) is 11.5. The molecule has 124 valence electrons. The largest absolute Gasteiger partial charge is 0.369 e. The van der Waals surface area contributed by atoms with E-state index >= 15 is 0 Å². The van der Waals surface area contributed by atoms with Gasteiger partial charge in [-0.2, -0.15) is 14.5 Å². The Morgan fingerprint density at radius 1 is 1.17 bits per heavy atom. The van der Waals surface area contributed by atoms with Crippen LogP contribution in [-0.4, -0.2) is 26.1 Å². The van der Waals surface area contributed by atoms with Crippen LogP contribution >= 0.6 is 34.8 Å². The van der Waals surface area contributed by atoms with Crippen molar-refractivity contribution in [2.75, 3.05) is 11.9 Å². The molecule has 5 nitrogen and oxygen atoms in total. The molecule has 1 aromatic carbocycles. The normalized spacial score (nSPS) is 14.3. The lowest BCUT2D eigenvalue weighted by Crippen LogP contribution is -2.11. The Balaban J connectivity index is 1.98. The molecule has 1 saturated carbocycles. The van der Waals surface area contributed by atoms with Crippen LogP contribution in [0.3, 0.4) is 0 Å². The van der Waals surface area contributed by atoms with Crippen LogP contribution < -0.4 is 5.32 Å². The van der Waals surface area contributed by atoms with Gasteiger partial charge in [0.2, 0.25) is 5.28 Å². The Hall–Kier alpha value is -1.63. The van der Waals surface area contributed by atoms with E-state index in [2.05, 4.69) is 20.4 Å². The summed E-state index contributed by atoms with van der Waals surface area (Å²) in [4.78, 5) is 8.18. The Kier molecular flexibility index (Phi) is 3.98. The predicted molar refractivity (Wildman–Crippen MR) is 92.4 cm³/mol. The van der Waals surface area contributed by atoms with Crippen LogP contribution in [0.2, 0.25) is 15.5 Å². The van der Waals surface area contributed by atoms with E-state index in [0.29, 0.717) is 23.8 Å². The molecule has 0 atom stereocenters. The Morgan fingerprint density at radius 2 is 1.96 bits per heavy atom. The van der Waals surface area contributed by atoms with Gasteiger partial charge in [0, 0.05) is 12.1 Å². The fourth-order valence-corrected chi connectivity index (χ4v) is 3.20. The number of halogens is 4. The summed E-state index contributed by atoms with van der Waals surface area (Å²) in [6.45, 7) is 0.714. The number of rotatable bonds is 4. The number of nitrogens with one attached hydrogen (secondary N) is 1. The van der Waals surface area contributed by atoms with Crippen molar-refractivity contribution in [3.63, 3.8) is 0 Å². The number of nitrogens with zero attached hydrogens (tertiary/aromatic N) is 4. The topological polar surface area (TPSA) is 55.1 Å². The molecule has 0 saturated heterocycles. The van der Waals surface area contributed by atoms with Crippen molar-refractivity contribution in [1.29, 1.82) is 0 Å². The number of aromatic nitrogens is 4. The van der Waals surface area contributed by atoms with Crippen molar-refractivity contribution in [1.82, 2.24) is 19.6 Å². The molecule has 9 heteroatoms. The zero-order valence-corrected chi connectivity index (χ0v) is 14.5. The number of hydrogen-bond acceptors (Lipinski definition) is 4. The van der Waals surface area contributed by atoms with E-state index in [4.69, 9.17) is 34.8 Å². The van der Waals surface area contributed by atoms with Gasteiger partial charge in [-0.1, -0.05) is 29.3 Å². The van der Waals surface area contributed by atoms with Gasteiger partial charge in [0.15, 0.2) is 0 Å². The van der Waals surface area contributed by atoms with Gasteiger partial charge in [-0.05, 0) is 42.5 Å². The SMILES string of the molecule is Fc1cccc(Cl)c1-c1c(Cl)nc2nc(Cl)nn2c1NCC1CC1. The summed E-state index contributed by atoms with van der Waals surface area (Å²) in [5, 5.41) is 7.74. The third kappa shape index (κ3) is 2.79. The maximum atomic E-state index is 14.4. The highest BCUT2D eigenvalue weighted by molar-refractivity contribution is 6.36. The van der Waals surface area contributed by atoms with Crippen LogP contribution in [0.15, 0.2) is 18.2 Å². The molecule has 3 aromatic rings. The van der Waals surface area contributed by atoms with Crippen molar-refractivity contribution in [3.05, 3.63) is 39.5 Å². The summed E-state index contributed by atoms with van der Waals surface area (Å²) >= 11 is 18.4. The Bertz CT molecular complexity index is 918. The first-order valence-electron chi connectivity index (χ1n) is 7.34. The lowest BCUT2D eigenvalue weighted by molar-refractivity contribution is 0.631. The van der Waals surface area contributed by atoms with Gasteiger partial charge in [-0.3, -0.25) is 0 Å². The molecule has 1 aliphatic carbocycles. The van der Waals surface area contributed by atoms with E-state index < -0.39 is 5.82 Å². The summed E-state index contributed by atoms with van der Waals surface area (Å²) in [7, 11) is 0. The highest BCUT2D eigenvalue weighted by Crippen LogP contribution is 2.40. The molecule has 4 rings (SSSR count). The average Bonchev–Trinajstić information content (AvgIpc) is 3.27. The monoisotopic (exact) mass is 385 g/mol. The number of fused-ring (bicyclic) bond motifs is 1. The molecule has 2 aromatic heterocycles. The lowest BCUT2D eigenvalue weighted by atomic mass is 10.1. The maximum absolute atomic E-state index is 14.4. The van der Waals surface area contributed by atoms with Gasteiger partial charge in [0.05, 0.1) is 10.6 Å². The van der Waals surface area contributed by atoms with Crippen LogP contribution in [-0.2, 0) is 0 Å². The van der Waals surface area contributed by atoms with Crippen LogP contribution in [0.1, 0.15) is 12.8 Å². The van der Waals surface area contributed by atoms with E-state index in [-0.39, 0.29) is 26.8 Å². The van der Waals surface area contributed by atoms with E-state index in [1.165, 1.54) is 16.6 Å².